The average molecular weight is 375 g/mol. The number of benzene rings is 4. The highest BCUT2D eigenvalue weighted by molar-refractivity contribution is 6.03. The van der Waals surface area contributed by atoms with E-state index in [-0.39, 0.29) is 0 Å². The Morgan fingerprint density at radius 3 is 2.34 bits per heavy atom. The van der Waals surface area contributed by atoms with Crippen molar-refractivity contribution >= 4 is 33.2 Å². The monoisotopic (exact) mass is 375 g/mol. The molecule has 3 nitrogen and oxygen atoms in total. The highest BCUT2D eigenvalue weighted by atomic mass is 15.2. The summed E-state index contributed by atoms with van der Waals surface area (Å²) in [6.45, 7) is 4.34. The maximum absolute atomic E-state index is 3.68. The van der Waals surface area contributed by atoms with E-state index in [4.69, 9.17) is 0 Å². The molecule has 1 aromatic heterocycles. The molecule has 1 aliphatic rings. The van der Waals surface area contributed by atoms with E-state index >= 15 is 0 Å². The second kappa shape index (κ2) is 5.71. The molecule has 0 aliphatic carbocycles. The number of fused-ring (bicyclic) bond motifs is 4. The van der Waals surface area contributed by atoms with E-state index in [1.807, 2.05) is 0 Å². The normalized spacial score (nSPS) is 12.6. The second-order valence-corrected chi connectivity index (χ2v) is 7.87. The van der Waals surface area contributed by atoms with Gasteiger partial charge in [-0.2, -0.15) is 0 Å². The van der Waals surface area contributed by atoms with Crippen LogP contribution in [0.1, 0.15) is 11.1 Å². The molecule has 29 heavy (non-hydrogen) atoms. The summed E-state index contributed by atoms with van der Waals surface area (Å²) in [7, 11) is 2.17. The number of rotatable bonds is 1. The fraction of sp³-hybridized carbons (Fsp3) is 0.115. The lowest BCUT2D eigenvalue weighted by molar-refractivity contribution is -0.572. The lowest BCUT2D eigenvalue weighted by atomic mass is 10.0. The Kier molecular flexibility index (Phi) is 3.22. The van der Waals surface area contributed by atoms with Gasteiger partial charge >= 0.3 is 0 Å². The highest BCUT2D eigenvalue weighted by Crippen LogP contribution is 2.41. The van der Waals surface area contributed by atoms with Crippen molar-refractivity contribution in [1.29, 1.82) is 0 Å². The van der Waals surface area contributed by atoms with E-state index in [1.54, 1.807) is 0 Å². The first kappa shape index (κ1) is 16.4. The third kappa shape index (κ3) is 2.10. The summed E-state index contributed by atoms with van der Waals surface area (Å²) in [4.78, 5) is 2.32. The average Bonchev–Trinajstić information content (AvgIpc) is 3.11. The van der Waals surface area contributed by atoms with Crippen molar-refractivity contribution in [1.82, 2.24) is 4.57 Å². The van der Waals surface area contributed by atoms with Crippen LogP contribution in [0.15, 0.2) is 72.8 Å². The van der Waals surface area contributed by atoms with Gasteiger partial charge in [-0.05, 0) is 42.5 Å². The number of aryl methyl sites for hydroxylation is 2. The van der Waals surface area contributed by atoms with Crippen LogP contribution in [0.3, 0.4) is 0 Å². The maximum Gasteiger partial charge on any atom is 0.269 e. The van der Waals surface area contributed by atoms with Crippen LogP contribution in [-0.4, -0.2) is 11.6 Å². The number of nitrogens with zero attached hydrogens (tertiary/aromatic N) is 3. The Bertz CT molecular complexity index is 1420. The van der Waals surface area contributed by atoms with Gasteiger partial charge in [0.15, 0.2) is 0 Å². The van der Waals surface area contributed by atoms with Crippen molar-refractivity contribution in [3.05, 3.63) is 90.3 Å². The molecule has 0 amide bonds. The van der Waals surface area contributed by atoms with E-state index in [1.165, 1.54) is 55.7 Å². The molecule has 0 bridgehead atoms. The van der Waals surface area contributed by atoms with E-state index < -0.39 is 0 Å². The van der Waals surface area contributed by atoms with Gasteiger partial charge in [-0.25, -0.2) is 0 Å². The molecule has 0 radical (unpaired) electrons. The molecule has 3 heteroatoms. The van der Waals surface area contributed by atoms with Crippen LogP contribution in [0.5, 0.6) is 0 Å². The summed E-state index contributed by atoms with van der Waals surface area (Å²) in [5.74, 6) is 0. The van der Waals surface area contributed by atoms with Gasteiger partial charge in [-0.1, -0.05) is 60.7 Å². The predicted octanol–water partition coefficient (Wildman–Crippen LogP) is 5.56. The number of aromatic nitrogens is 2. The van der Waals surface area contributed by atoms with Crippen molar-refractivity contribution in [2.24, 2.45) is 0 Å². The number of para-hydroxylation sites is 2. The van der Waals surface area contributed by atoms with Gasteiger partial charge in [0.25, 0.3) is 6.33 Å². The Labute approximate surface area is 170 Å². The SMILES string of the molecule is Cc1cccc(C)c1-n1[c-][n+]2c3c(cccc31)N(C)c1c-2ccc2ccccc12. The van der Waals surface area contributed by atoms with Crippen molar-refractivity contribution in [3.63, 3.8) is 0 Å². The Morgan fingerprint density at radius 2 is 1.52 bits per heavy atom. The van der Waals surface area contributed by atoms with Crippen LogP contribution in [0.25, 0.3) is 33.2 Å². The van der Waals surface area contributed by atoms with E-state index in [0.717, 1.165) is 0 Å². The highest BCUT2D eigenvalue weighted by Gasteiger charge is 2.27. The van der Waals surface area contributed by atoms with Crippen LogP contribution in [0, 0.1) is 20.2 Å². The first-order valence-corrected chi connectivity index (χ1v) is 9.96. The molecule has 5 aromatic rings. The summed E-state index contributed by atoms with van der Waals surface area (Å²) < 4.78 is 4.46. The minimum atomic E-state index is 1.17. The predicted molar refractivity (Wildman–Crippen MR) is 119 cm³/mol. The standard InChI is InChI=1S/C26H21N3/c1-17-8-6-9-18(2)24(17)28-16-29-23-15-14-19-10-4-5-11-20(19)25(23)27(3)21-12-7-13-22(28)26(21)29/h4-15H,1-3H3. The summed E-state index contributed by atoms with van der Waals surface area (Å²) in [6.07, 6.45) is 3.68. The molecule has 0 fully saturated rings. The topological polar surface area (TPSA) is 12.0 Å². The van der Waals surface area contributed by atoms with Gasteiger partial charge in [-0.3, -0.25) is 9.13 Å². The zero-order valence-electron chi connectivity index (χ0n) is 16.8. The lowest BCUT2D eigenvalue weighted by Gasteiger charge is -2.30. The Hall–Kier alpha value is -3.59. The summed E-state index contributed by atoms with van der Waals surface area (Å²) in [5.41, 5.74) is 9.67. The number of imidazole rings is 1. The van der Waals surface area contributed by atoms with Gasteiger partial charge in [0.1, 0.15) is 5.52 Å². The van der Waals surface area contributed by atoms with Gasteiger partial charge < -0.3 is 4.90 Å². The zero-order valence-corrected chi connectivity index (χ0v) is 16.8. The smallest absolute Gasteiger partial charge is 0.269 e. The minimum Gasteiger partial charge on any atom is -0.350 e. The van der Waals surface area contributed by atoms with Crippen LogP contribution < -0.4 is 9.47 Å². The van der Waals surface area contributed by atoms with Gasteiger partial charge in [0.05, 0.1) is 22.6 Å². The van der Waals surface area contributed by atoms with E-state index in [2.05, 4.69) is 114 Å². The molecule has 6 rings (SSSR count). The van der Waals surface area contributed by atoms with E-state index in [0.29, 0.717) is 0 Å². The maximum atomic E-state index is 3.68. The molecular weight excluding hydrogens is 354 g/mol. The molecule has 140 valence electrons. The Morgan fingerprint density at radius 1 is 0.759 bits per heavy atom. The third-order valence-electron chi connectivity index (χ3n) is 6.14. The zero-order chi connectivity index (χ0) is 19.7. The molecule has 0 spiro atoms. The van der Waals surface area contributed by atoms with Crippen LogP contribution >= 0.6 is 0 Å². The molecule has 0 saturated heterocycles. The molecule has 0 atom stereocenters. The number of hydrogen-bond donors (Lipinski definition) is 0. The summed E-state index contributed by atoms with van der Waals surface area (Å²) in [6, 6.07) is 26.0. The van der Waals surface area contributed by atoms with Gasteiger partial charge in [-0.15, -0.1) is 0 Å². The van der Waals surface area contributed by atoms with Crippen molar-refractivity contribution in [3.8, 4) is 11.4 Å². The quantitative estimate of drug-likeness (QED) is 0.276. The fourth-order valence-electron chi connectivity index (χ4n) is 4.80. The van der Waals surface area contributed by atoms with Crippen molar-refractivity contribution in [2.75, 3.05) is 11.9 Å². The molecule has 0 saturated carbocycles. The minimum absolute atomic E-state index is 1.17. The summed E-state index contributed by atoms with van der Waals surface area (Å²) in [5, 5.41) is 2.51. The first-order chi connectivity index (χ1) is 14.1. The fourth-order valence-corrected chi connectivity index (χ4v) is 4.80. The Balaban J connectivity index is 1.77. The third-order valence-corrected chi connectivity index (χ3v) is 6.14. The molecule has 0 unspecified atom stereocenters. The van der Waals surface area contributed by atoms with Gasteiger partial charge in [0.2, 0.25) is 0 Å². The lowest BCUT2D eigenvalue weighted by Crippen LogP contribution is -2.36. The van der Waals surface area contributed by atoms with Crippen molar-refractivity contribution < 1.29 is 4.57 Å². The number of hydrogen-bond acceptors (Lipinski definition) is 1. The van der Waals surface area contributed by atoms with E-state index in [9.17, 15) is 0 Å². The molecule has 4 aromatic carbocycles. The second-order valence-electron chi connectivity index (χ2n) is 7.87. The van der Waals surface area contributed by atoms with Crippen LogP contribution in [-0.2, 0) is 0 Å². The molecular formula is C26H21N3. The molecule has 2 heterocycles. The van der Waals surface area contributed by atoms with Crippen LogP contribution in [0.4, 0.5) is 11.4 Å². The first-order valence-electron chi connectivity index (χ1n) is 9.96. The molecule has 0 N–H and O–H groups in total. The van der Waals surface area contributed by atoms with Gasteiger partial charge in [0, 0.05) is 18.1 Å². The molecule has 1 aliphatic heterocycles. The van der Waals surface area contributed by atoms with Crippen LogP contribution in [0.2, 0.25) is 0 Å². The summed E-state index contributed by atoms with van der Waals surface area (Å²) >= 11 is 0. The number of anilines is 2. The largest absolute Gasteiger partial charge is 0.350 e. The van der Waals surface area contributed by atoms with Crippen molar-refractivity contribution in [2.45, 2.75) is 13.8 Å².